The Bertz CT molecular complexity index is 1300. The Morgan fingerprint density at radius 3 is 2.71 bits per heavy atom. The quantitative estimate of drug-likeness (QED) is 0.584. The SMILES string of the molecule is CN(c1cnc(-c2ccc(-n3cc(F)c(C#N)n3)cc2O)nn1)[C@H]1C[C@]2(C)CCC[C@@](C)(C2)[C@H]1F. The Morgan fingerprint density at radius 2 is 2.06 bits per heavy atom. The van der Waals surface area contributed by atoms with Gasteiger partial charge in [-0.2, -0.15) is 10.4 Å². The van der Waals surface area contributed by atoms with Crippen LogP contribution in [0.5, 0.6) is 5.75 Å². The summed E-state index contributed by atoms with van der Waals surface area (Å²) in [4.78, 5) is 6.21. The minimum atomic E-state index is -0.965. The third kappa shape index (κ3) is 3.99. The summed E-state index contributed by atoms with van der Waals surface area (Å²) in [6.07, 6.45) is 6.38. The van der Waals surface area contributed by atoms with E-state index in [0.717, 1.165) is 38.3 Å². The molecular formula is C25H27F2N7O. The number of benzene rings is 1. The zero-order chi connectivity index (χ0) is 25.0. The number of alkyl halides is 1. The van der Waals surface area contributed by atoms with Crippen molar-refractivity contribution in [2.45, 2.75) is 58.2 Å². The van der Waals surface area contributed by atoms with Gasteiger partial charge in [0.05, 0.1) is 29.7 Å². The molecule has 2 saturated carbocycles. The maximum absolute atomic E-state index is 15.6. The highest BCUT2D eigenvalue weighted by atomic mass is 19.1. The number of phenols is 1. The second-order valence-corrected chi connectivity index (χ2v) is 10.5. The van der Waals surface area contributed by atoms with Gasteiger partial charge in [-0.3, -0.25) is 0 Å². The summed E-state index contributed by atoms with van der Waals surface area (Å²) >= 11 is 0. The third-order valence-corrected chi connectivity index (χ3v) is 7.73. The van der Waals surface area contributed by atoms with Crippen molar-refractivity contribution in [2.75, 3.05) is 11.9 Å². The molecule has 0 spiro atoms. The second-order valence-electron chi connectivity index (χ2n) is 10.5. The molecule has 0 radical (unpaired) electrons. The topological polar surface area (TPSA) is 104 Å². The minimum absolute atomic E-state index is 0.119. The number of aromatic hydroxyl groups is 1. The van der Waals surface area contributed by atoms with Crippen LogP contribution in [0.2, 0.25) is 0 Å². The van der Waals surface area contributed by atoms with Crippen molar-refractivity contribution < 1.29 is 13.9 Å². The number of halogens is 2. The van der Waals surface area contributed by atoms with Crippen LogP contribution in [-0.2, 0) is 0 Å². The van der Waals surface area contributed by atoms with Crippen LogP contribution in [0.25, 0.3) is 17.1 Å². The number of hydrogen-bond donors (Lipinski definition) is 1. The molecule has 5 rings (SSSR count). The highest BCUT2D eigenvalue weighted by Gasteiger charge is 2.54. The molecule has 35 heavy (non-hydrogen) atoms. The van der Waals surface area contributed by atoms with E-state index in [0.29, 0.717) is 17.1 Å². The lowest BCUT2D eigenvalue weighted by Crippen LogP contribution is -2.57. The first kappa shape index (κ1) is 23.1. The lowest BCUT2D eigenvalue weighted by molar-refractivity contribution is -0.0540. The maximum atomic E-state index is 15.6. The molecule has 4 atom stereocenters. The monoisotopic (exact) mass is 479 g/mol. The van der Waals surface area contributed by atoms with Gasteiger partial charge in [-0.1, -0.05) is 20.3 Å². The minimum Gasteiger partial charge on any atom is -0.507 e. The molecule has 2 aliphatic carbocycles. The van der Waals surface area contributed by atoms with Crippen molar-refractivity contribution in [1.82, 2.24) is 25.0 Å². The molecule has 2 aliphatic rings. The molecule has 0 unspecified atom stereocenters. The Morgan fingerprint density at radius 1 is 1.26 bits per heavy atom. The van der Waals surface area contributed by atoms with Crippen molar-refractivity contribution >= 4 is 5.82 Å². The number of nitriles is 1. The van der Waals surface area contributed by atoms with E-state index >= 15 is 4.39 Å². The zero-order valence-corrected chi connectivity index (χ0v) is 19.9. The van der Waals surface area contributed by atoms with E-state index in [4.69, 9.17) is 5.26 Å². The molecule has 0 aliphatic heterocycles. The summed E-state index contributed by atoms with van der Waals surface area (Å²) in [5.74, 6) is -0.222. The predicted molar refractivity (Wildman–Crippen MR) is 125 cm³/mol. The molecular weight excluding hydrogens is 452 g/mol. The number of phenolic OH excluding ortho intramolecular Hbond substituents is 1. The molecule has 1 aromatic carbocycles. The van der Waals surface area contributed by atoms with Gasteiger partial charge in [0.25, 0.3) is 0 Å². The van der Waals surface area contributed by atoms with Gasteiger partial charge in [0.1, 0.15) is 18.0 Å². The van der Waals surface area contributed by atoms with Gasteiger partial charge in [-0.15, -0.1) is 10.2 Å². The summed E-state index contributed by atoms with van der Waals surface area (Å²) in [5.41, 5.74) is 0.160. The average Bonchev–Trinajstić information content (AvgIpc) is 3.21. The number of nitrogens with zero attached hydrogens (tertiary/aromatic N) is 7. The molecule has 2 fully saturated rings. The molecule has 182 valence electrons. The fraction of sp³-hybridized carbons (Fsp3) is 0.480. The number of fused-ring (bicyclic) bond motifs is 2. The van der Waals surface area contributed by atoms with E-state index in [1.807, 2.05) is 11.9 Å². The van der Waals surface area contributed by atoms with Crippen molar-refractivity contribution in [3.8, 4) is 28.9 Å². The Kier molecular flexibility index (Phi) is 5.46. The largest absolute Gasteiger partial charge is 0.507 e. The first-order valence-electron chi connectivity index (χ1n) is 11.7. The van der Waals surface area contributed by atoms with Gasteiger partial charge in [-0.05, 0) is 43.2 Å². The van der Waals surface area contributed by atoms with Crippen LogP contribution < -0.4 is 4.90 Å². The highest BCUT2D eigenvalue weighted by molar-refractivity contribution is 5.66. The summed E-state index contributed by atoms with van der Waals surface area (Å²) in [5, 5.41) is 31.7. The van der Waals surface area contributed by atoms with Crippen LogP contribution in [0.3, 0.4) is 0 Å². The maximum Gasteiger partial charge on any atom is 0.198 e. The smallest absolute Gasteiger partial charge is 0.198 e. The Hall–Kier alpha value is -3.61. The van der Waals surface area contributed by atoms with Crippen LogP contribution >= 0.6 is 0 Å². The van der Waals surface area contributed by atoms with Gasteiger partial charge in [-0.25, -0.2) is 18.4 Å². The van der Waals surface area contributed by atoms with Crippen LogP contribution in [-0.4, -0.2) is 49.3 Å². The molecule has 2 heterocycles. The summed E-state index contributed by atoms with van der Waals surface area (Å²) < 4.78 is 30.5. The van der Waals surface area contributed by atoms with Crippen molar-refractivity contribution in [1.29, 1.82) is 5.26 Å². The van der Waals surface area contributed by atoms with Gasteiger partial charge in [0, 0.05) is 18.5 Å². The number of anilines is 1. The standard InChI is InChI=1S/C25H27F2N7O/c1-24-7-4-8-25(2,14-24)22(27)19(10-24)33(3)21-12-29-23(31-30-21)16-6-5-15(9-20(16)35)34-13-17(26)18(11-28)32-34/h5-6,9,12-13,19,22,35H,4,7-8,10,14H2,1-3H3/t19-,22-,24-,25-/m0/s1. The van der Waals surface area contributed by atoms with Gasteiger partial charge in [0.2, 0.25) is 0 Å². The van der Waals surface area contributed by atoms with Gasteiger partial charge >= 0.3 is 0 Å². The first-order chi connectivity index (χ1) is 16.6. The van der Waals surface area contributed by atoms with Crippen molar-refractivity contribution in [2.24, 2.45) is 10.8 Å². The van der Waals surface area contributed by atoms with E-state index in [1.54, 1.807) is 24.4 Å². The number of hydrogen-bond acceptors (Lipinski definition) is 7. The number of rotatable bonds is 4. The van der Waals surface area contributed by atoms with Crippen molar-refractivity contribution in [3.05, 3.63) is 42.1 Å². The van der Waals surface area contributed by atoms with E-state index < -0.39 is 12.0 Å². The predicted octanol–water partition coefficient (Wildman–Crippen LogP) is 4.57. The van der Waals surface area contributed by atoms with E-state index in [9.17, 15) is 9.50 Å². The molecule has 0 saturated heterocycles. The van der Waals surface area contributed by atoms with Crippen LogP contribution in [0.4, 0.5) is 14.6 Å². The third-order valence-electron chi connectivity index (χ3n) is 7.73. The zero-order valence-electron chi connectivity index (χ0n) is 19.9. The molecule has 2 aromatic heterocycles. The van der Waals surface area contributed by atoms with E-state index in [-0.39, 0.29) is 34.1 Å². The van der Waals surface area contributed by atoms with Gasteiger partial charge < -0.3 is 10.0 Å². The van der Waals surface area contributed by atoms with Gasteiger partial charge in [0.15, 0.2) is 23.2 Å². The molecule has 8 nitrogen and oxygen atoms in total. The molecule has 0 amide bonds. The van der Waals surface area contributed by atoms with Crippen LogP contribution in [0, 0.1) is 28.0 Å². The van der Waals surface area contributed by atoms with E-state index in [2.05, 4.69) is 34.1 Å². The lowest BCUT2D eigenvalue weighted by atomic mass is 9.54. The number of aromatic nitrogens is 5. The highest BCUT2D eigenvalue weighted by Crippen LogP contribution is 2.57. The van der Waals surface area contributed by atoms with E-state index in [1.165, 1.54) is 10.7 Å². The summed E-state index contributed by atoms with van der Waals surface area (Å²) in [6.45, 7) is 4.32. The normalized spacial score (nSPS) is 27.9. The average molecular weight is 480 g/mol. The second kappa shape index (κ2) is 8.26. The molecule has 10 heteroatoms. The van der Waals surface area contributed by atoms with Crippen molar-refractivity contribution in [3.63, 3.8) is 0 Å². The molecule has 1 N–H and O–H groups in total. The first-order valence-corrected chi connectivity index (χ1v) is 11.7. The fourth-order valence-corrected chi connectivity index (χ4v) is 6.02. The fourth-order valence-electron chi connectivity index (χ4n) is 6.02. The van der Waals surface area contributed by atoms with Crippen LogP contribution in [0.15, 0.2) is 30.6 Å². The Balaban J connectivity index is 1.37. The lowest BCUT2D eigenvalue weighted by Gasteiger charge is -2.55. The van der Waals surface area contributed by atoms with Crippen LogP contribution in [0.1, 0.15) is 51.6 Å². The molecule has 3 aromatic rings. The molecule has 2 bridgehead atoms. The summed E-state index contributed by atoms with van der Waals surface area (Å²) in [7, 11) is 1.83. The summed E-state index contributed by atoms with van der Waals surface area (Å²) in [6, 6.07) is 5.91. The Labute approximate surface area is 202 Å².